The van der Waals surface area contributed by atoms with Gasteiger partial charge in [0.15, 0.2) is 0 Å². The monoisotopic (exact) mass is 358 g/mol. The van der Waals surface area contributed by atoms with Crippen LogP contribution in [0.3, 0.4) is 0 Å². The Kier molecular flexibility index (Phi) is 9.67. The minimum Gasteiger partial charge on any atom is -0.289 e. The highest BCUT2D eigenvalue weighted by molar-refractivity contribution is 5.75. The van der Waals surface area contributed by atoms with Gasteiger partial charge in [0.05, 0.1) is 0 Å². The zero-order chi connectivity index (χ0) is 19.4. The lowest BCUT2D eigenvalue weighted by atomic mass is 10.1. The predicted octanol–water partition coefficient (Wildman–Crippen LogP) is 2.87. The molecule has 6 heteroatoms. The van der Waals surface area contributed by atoms with Crippen molar-refractivity contribution in [1.82, 2.24) is 11.0 Å². The average Bonchev–Trinajstić information content (AvgIpc) is 2.67. The number of carbonyl (C=O) groups excluding carboxylic acids is 2. The van der Waals surface area contributed by atoms with Crippen LogP contribution in [0, 0.1) is 13.8 Å². The largest absolute Gasteiger partial charge is 0.289 e. The summed E-state index contributed by atoms with van der Waals surface area (Å²) in [5.41, 5.74) is 7.83. The summed E-state index contributed by atoms with van der Waals surface area (Å²) in [4.78, 5) is 21.4. The normalized spacial score (nSPS) is 9.69. The molecule has 0 aliphatic carbocycles. The van der Waals surface area contributed by atoms with Crippen LogP contribution >= 0.6 is 0 Å². The van der Waals surface area contributed by atoms with Crippen LogP contribution in [0.4, 0.5) is 0 Å². The second kappa shape index (κ2) is 11.8. The molecule has 0 spiro atoms. The van der Waals surface area contributed by atoms with Gasteiger partial charge in [-0.15, -0.1) is 0 Å². The van der Waals surface area contributed by atoms with E-state index in [1.165, 1.54) is 11.1 Å². The summed E-state index contributed by atoms with van der Waals surface area (Å²) in [5, 5.41) is 16.5. The number of hydrogen-bond acceptors (Lipinski definition) is 4. The molecule has 0 saturated carbocycles. The Bertz CT molecular complexity index is 620. The summed E-state index contributed by atoms with van der Waals surface area (Å²) in [7, 11) is 0. The molecule has 0 fully saturated rings. The molecule has 0 aromatic heterocycles. The van der Waals surface area contributed by atoms with Crippen LogP contribution in [0.15, 0.2) is 48.5 Å². The zero-order valence-electron chi connectivity index (χ0n) is 15.2. The van der Waals surface area contributed by atoms with Crippen molar-refractivity contribution in [3.05, 3.63) is 70.8 Å². The highest BCUT2D eigenvalue weighted by Gasteiger charge is 2.00. The molecule has 2 aromatic rings. The fourth-order valence-corrected chi connectivity index (χ4v) is 2.14. The van der Waals surface area contributed by atoms with Crippen LogP contribution in [-0.2, 0) is 22.4 Å². The van der Waals surface area contributed by atoms with E-state index in [1.54, 1.807) is 11.0 Å². The summed E-state index contributed by atoms with van der Waals surface area (Å²) in [6.45, 7) is 4.04. The maximum absolute atomic E-state index is 10.7. The molecule has 6 nitrogen and oxygen atoms in total. The summed E-state index contributed by atoms with van der Waals surface area (Å²) >= 11 is 0. The fourth-order valence-electron chi connectivity index (χ4n) is 2.14. The molecule has 0 unspecified atom stereocenters. The molecule has 0 saturated heterocycles. The van der Waals surface area contributed by atoms with Crippen molar-refractivity contribution in [2.24, 2.45) is 0 Å². The number of benzene rings is 2. The number of hydroxylamine groups is 2. The van der Waals surface area contributed by atoms with Gasteiger partial charge in [-0.25, -0.2) is 11.0 Å². The van der Waals surface area contributed by atoms with Gasteiger partial charge in [0.1, 0.15) is 0 Å². The topological polar surface area (TPSA) is 98.7 Å². The average molecular weight is 358 g/mol. The number of carbonyl (C=O) groups is 2. The second-order valence-electron chi connectivity index (χ2n) is 6.04. The first kappa shape index (κ1) is 21.3. The molecule has 140 valence electrons. The van der Waals surface area contributed by atoms with Crippen LogP contribution in [0.2, 0.25) is 0 Å². The van der Waals surface area contributed by atoms with E-state index in [0.717, 1.165) is 11.1 Å². The number of nitrogens with one attached hydrogen (secondary N) is 2. The Balaban J connectivity index is 0.000000260. The minimum atomic E-state index is -0.347. The van der Waals surface area contributed by atoms with Crippen molar-refractivity contribution in [2.75, 3.05) is 0 Å². The van der Waals surface area contributed by atoms with Gasteiger partial charge < -0.3 is 0 Å². The smallest absolute Gasteiger partial charge is 0.243 e. The van der Waals surface area contributed by atoms with Crippen molar-refractivity contribution in [1.29, 1.82) is 0 Å². The van der Waals surface area contributed by atoms with Gasteiger partial charge in [0.2, 0.25) is 11.8 Å². The van der Waals surface area contributed by atoms with Crippen molar-refractivity contribution in [2.45, 2.75) is 39.5 Å². The maximum Gasteiger partial charge on any atom is 0.243 e. The zero-order valence-corrected chi connectivity index (χ0v) is 15.2. The van der Waals surface area contributed by atoms with Gasteiger partial charge in [-0.1, -0.05) is 59.7 Å². The Labute approximate surface area is 153 Å². The first-order chi connectivity index (χ1) is 12.4. The van der Waals surface area contributed by atoms with Crippen LogP contribution in [0.5, 0.6) is 0 Å². The Morgan fingerprint density at radius 3 is 1.27 bits per heavy atom. The van der Waals surface area contributed by atoms with Gasteiger partial charge >= 0.3 is 0 Å². The van der Waals surface area contributed by atoms with E-state index < -0.39 is 0 Å². The summed E-state index contributed by atoms with van der Waals surface area (Å²) in [5.74, 6) is -0.693. The number of aryl methyl sites for hydroxylation is 4. The molecular formula is C20H26N2O4. The molecule has 0 atom stereocenters. The van der Waals surface area contributed by atoms with E-state index >= 15 is 0 Å². The minimum absolute atomic E-state index is 0.319. The molecule has 0 aliphatic heterocycles. The van der Waals surface area contributed by atoms with Crippen LogP contribution < -0.4 is 11.0 Å². The van der Waals surface area contributed by atoms with Crippen molar-refractivity contribution < 1.29 is 20.0 Å². The van der Waals surface area contributed by atoms with Gasteiger partial charge in [-0.3, -0.25) is 20.0 Å². The van der Waals surface area contributed by atoms with E-state index in [0.29, 0.717) is 25.7 Å². The van der Waals surface area contributed by atoms with Gasteiger partial charge in [0, 0.05) is 12.8 Å². The van der Waals surface area contributed by atoms with Crippen molar-refractivity contribution >= 4 is 11.8 Å². The third-order valence-corrected chi connectivity index (χ3v) is 3.77. The molecule has 0 bridgehead atoms. The first-order valence-corrected chi connectivity index (χ1v) is 8.41. The Morgan fingerprint density at radius 2 is 1.00 bits per heavy atom. The summed E-state index contributed by atoms with van der Waals surface area (Å²) < 4.78 is 0. The van der Waals surface area contributed by atoms with Crippen LogP contribution in [0.1, 0.15) is 35.1 Å². The molecule has 4 N–H and O–H groups in total. The second-order valence-corrected chi connectivity index (χ2v) is 6.04. The number of hydrogen-bond donors (Lipinski definition) is 4. The standard InChI is InChI=1S/2C10H13NO2/c2*1-8-2-4-9(5-3-8)6-7-10(12)11-13/h2*2-5,13H,6-7H2,1H3,(H,11,12). The highest BCUT2D eigenvalue weighted by Crippen LogP contribution is 2.06. The van der Waals surface area contributed by atoms with Crippen LogP contribution in [-0.4, -0.2) is 22.2 Å². The lowest BCUT2D eigenvalue weighted by Crippen LogP contribution is -2.18. The molecule has 0 radical (unpaired) electrons. The SMILES string of the molecule is Cc1ccc(CCC(=O)NO)cc1.Cc1ccc(CCC(=O)NO)cc1. The van der Waals surface area contributed by atoms with Gasteiger partial charge in [-0.2, -0.15) is 0 Å². The van der Waals surface area contributed by atoms with E-state index in [2.05, 4.69) is 0 Å². The summed E-state index contributed by atoms with van der Waals surface area (Å²) in [6.07, 6.45) is 1.96. The first-order valence-electron chi connectivity index (χ1n) is 8.41. The van der Waals surface area contributed by atoms with E-state index in [4.69, 9.17) is 10.4 Å². The van der Waals surface area contributed by atoms with E-state index in [1.807, 2.05) is 62.4 Å². The molecular weight excluding hydrogens is 332 g/mol. The molecule has 2 amide bonds. The van der Waals surface area contributed by atoms with E-state index in [-0.39, 0.29) is 11.8 Å². The lowest BCUT2D eigenvalue weighted by molar-refractivity contribution is -0.129. The third kappa shape index (κ3) is 8.96. The fraction of sp³-hybridized carbons (Fsp3) is 0.300. The predicted molar refractivity (Wildman–Crippen MR) is 98.9 cm³/mol. The number of rotatable bonds is 6. The molecule has 0 heterocycles. The van der Waals surface area contributed by atoms with E-state index in [9.17, 15) is 9.59 Å². The van der Waals surface area contributed by atoms with Crippen LogP contribution in [0.25, 0.3) is 0 Å². The maximum atomic E-state index is 10.7. The highest BCUT2D eigenvalue weighted by atomic mass is 16.5. The molecule has 2 aromatic carbocycles. The Morgan fingerprint density at radius 1 is 0.692 bits per heavy atom. The van der Waals surface area contributed by atoms with Gasteiger partial charge in [-0.05, 0) is 37.8 Å². The Hall–Kier alpha value is -2.70. The quantitative estimate of drug-likeness (QED) is 0.471. The van der Waals surface area contributed by atoms with Crippen molar-refractivity contribution in [3.8, 4) is 0 Å². The molecule has 26 heavy (non-hydrogen) atoms. The number of amides is 2. The molecule has 0 aliphatic rings. The lowest BCUT2D eigenvalue weighted by Gasteiger charge is -2.00. The molecule has 2 rings (SSSR count). The van der Waals surface area contributed by atoms with Gasteiger partial charge in [0.25, 0.3) is 0 Å². The summed E-state index contributed by atoms with van der Waals surface area (Å²) in [6, 6.07) is 16.0. The third-order valence-electron chi connectivity index (χ3n) is 3.77. The van der Waals surface area contributed by atoms with Crippen molar-refractivity contribution in [3.63, 3.8) is 0 Å².